The summed E-state index contributed by atoms with van der Waals surface area (Å²) in [4.78, 5) is 0. The molecule has 2 unspecified atom stereocenters. The Kier molecular flexibility index (Phi) is 4.99. The second-order valence-corrected chi connectivity index (χ2v) is 7.33. The SMILES string of the molecule is COc1ccccc1-n1nc(C2CC(C)OC(C)C2)cc1-c1ccccc1. The van der Waals surface area contributed by atoms with Gasteiger partial charge in [0.1, 0.15) is 11.4 Å². The number of para-hydroxylation sites is 2. The molecule has 0 bridgehead atoms. The quantitative estimate of drug-likeness (QED) is 0.638. The van der Waals surface area contributed by atoms with Gasteiger partial charge in [0.2, 0.25) is 0 Å². The van der Waals surface area contributed by atoms with E-state index in [-0.39, 0.29) is 12.2 Å². The Morgan fingerprint density at radius 1 is 0.963 bits per heavy atom. The summed E-state index contributed by atoms with van der Waals surface area (Å²) in [6.45, 7) is 4.30. The molecule has 2 atom stereocenters. The van der Waals surface area contributed by atoms with E-state index < -0.39 is 0 Å². The van der Waals surface area contributed by atoms with Gasteiger partial charge in [-0.25, -0.2) is 4.68 Å². The molecule has 140 valence electrons. The van der Waals surface area contributed by atoms with E-state index in [1.165, 1.54) is 0 Å². The Hall–Kier alpha value is -2.59. The van der Waals surface area contributed by atoms with Gasteiger partial charge in [-0.2, -0.15) is 5.10 Å². The molecule has 3 aromatic rings. The first kappa shape index (κ1) is 17.8. The van der Waals surface area contributed by atoms with Gasteiger partial charge in [-0.05, 0) is 44.9 Å². The van der Waals surface area contributed by atoms with Gasteiger partial charge in [0.05, 0.1) is 30.7 Å². The lowest BCUT2D eigenvalue weighted by Gasteiger charge is -2.31. The highest BCUT2D eigenvalue weighted by atomic mass is 16.5. The number of rotatable bonds is 4. The van der Waals surface area contributed by atoms with E-state index in [1.807, 2.05) is 28.9 Å². The van der Waals surface area contributed by atoms with Crippen molar-refractivity contribution >= 4 is 0 Å². The lowest BCUT2D eigenvalue weighted by atomic mass is 9.89. The van der Waals surface area contributed by atoms with Crippen LogP contribution in [0.3, 0.4) is 0 Å². The van der Waals surface area contributed by atoms with E-state index in [2.05, 4.69) is 50.2 Å². The van der Waals surface area contributed by atoms with E-state index in [0.29, 0.717) is 5.92 Å². The fourth-order valence-corrected chi connectivity index (χ4v) is 4.05. The molecule has 1 saturated heterocycles. The van der Waals surface area contributed by atoms with E-state index in [9.17, 15) is 0 Å². The molecule has 0 saturated carbocycles. The highest BCUT2D eigenvalue weighted by Crippen LogP contribution is 2.36. The third-order valence-electron chi connectivity index (χ3n) is 5.23. The normalized spacial score (nSPS) is 22.6. The summed E-state index contributed by atoms with van der Waals surface area (Å²) in [5, 5.41) is 5.04. The zero-order chi connectivity index (χ0) is 18.8. The van der Waals surface area contributed by atoms with Crippen molar-refractivity contribution in [3.63, 3.8) is 0 Å². The van der Waals surface area contributed by atoms with Crippen LogP contribution in [0.4, 0.5) is 0 Å². The van der Waals surface area contributed by atoms with E-state index in [1.54, 1.807) is 7.11 Å². The van der Waals surface area contributed by atoms with Gasteiger partial charge in [-0.15, -0.1) is 0 Å². The predicted molar refractivity (Wildman–Crippen MR) is 108 cm³/mol. The molecule has 0 N–H and O–H groups in total. The molecule has 1 aliphatic rings. The molecule has 1 fully saturated rings. The summed E-state index contributed by atoms with van der Waals surface area (Å²) >= 11 is 0. The van der Waals surface area contributed by atoms with E-state index in [4.69, 9.17) is 14.6 Å². The van der Waals surface area contributed by atoms with Crippen molar-refractivity contribution < 1.29 is 9.47 Å². The zero-order valence-electron chi connectivity index (χ0n) is 16.1. The molecule has 27 heavy (non-hydrogen) atoms. The lowest BCUT2D eigenvalue weighted by molar-refractivity contribution is -0.0385. The van der Waals surface area contributed by atoms with Crippen LogP contribution in [0, 0.1) is 0 Å². The van der Waals surface area contributed by atoms with Gasteiger partial charge in [-0.3, -0.25) is 0 Å². The second-order valence-electron chi connectivity index (χ2n) is 7.33. The monoisotopic (exact) mass is 362 g/mol. The van der Waals surface area contributed by atoms with E-state index in [0.717, 1.165) is 41.2 Å². The Morgan fingerprint density at radius 2 is 1.63 bits per heavy atom. The number of ether oxygens (including phenoxy) is 2. The van der Waals surface area contributed by atoms with Gasteiger partial charge >= 0.3 is 0 Å². The van der Waals surface area contributed by atoms with Crippen LogP contribution in [0.15, 0.2) is 60.7 Å². The molecule has 2 aromatic carbocycles. The maximum absolute atomic E-state index is 5.93. The third kappa shape index (κ3) is 3.62. The predicted octanol–water partition coefficient (Wildman–Crippen LogP) is 5.22. The minimum atomic E-state index is 0.260. The summed E-state index contributed by atoms with van der Waals surface area (Å²) in [5.74, 6) is 1.22. The van der Waals surface area contributed by atoms with Crippen LogP contribution in [-0.2, 0) is 4.74 Å². The first-order valence-corrected chi connectivity index (χ1v) is 9.60. The van der Waals surface area contributed by atoms with Gasteiger partial charge in [0.25, 0.3) is 0 Å². The van der Waals surface area contributed by atoms with Crippen LogP contribution in [0.1, 0.15) is 38.3 Å². The van der Waals surface area contributed by atoms with Gasteiger partial charge in [-0.1, -0.05) is 42.5 Å². The Labute approximate surface area is 160 Å². The number of methoxy groups -OCH3 is 1. The molecule has 0 radical (unpaired) electrons. The summed E-state index contributed by atoms with van der Waals surface area (Å²) < 4.78 is 13.5. The van der Waals surface area contributed by atoms with Crippen LogP contribution in [0.25, 0.3) is 16.9 Å². The van der Waals surface area contributed by atoms with Gasteiger partial charge in [0, 0.05) is 11.5 Å². The van der Waals surface area contributed by atoms with Crippen LogP contribution in [0.2, 0.25) is 0 Å². The van der Waals surface area contributed by atoms with Crippen LogP contribution in [-0.4, -0.2) is 29.1 Å². The second kappa shape index (κ2) is 7.57. The van der Waals surface area contributed by atoms with Crippen LogP contribution >= 0.6 is 0 Å². The van der Waals surface area contributed by atoms with E-state index >= 15 is 0 Å². The fraction of sp³-hybridized carbons (Fsp3) is 0.348. The van der Waals surface area contributed by atoms with Crippen molar-refractivity contribution in [1.82, 2.24) is 9.78 Å². The minimum absolute atomic E-state index is 0.260. The highest BCUT2D eigenvalue weighted by Gasteiger charge is 2.28. The molecule has 4 nitrogen and oxygen atoms in total. The number of hydrogen-bond donors (Lipinski definition) is 0. The summed E-state index contributed by atoms with van der Waals surface area (Å²) in [7, 11) is 1.70. The average molecular weight is 362 g/mol. The zero-order valence-corrected chi connectivity index (χ0v) is 16.1. The van der Waals surface area contributed by atoms with Gasteiger partial charge < -0.3 is 9.47 Å². The molecular formula is C23H26N2O2. The van der Waals surface area contributed by atoms with Crippen molar-refractivity contribution in [2.24, 2.45) is 0 Å². The Morgan fingerprint density at radius 3 is 2.33 bits per heavy atom. The Balaban J connectivity index is 1.83. The smallest absolute Gasteiger partial charge is 0.144 e. The summed E-state index contributed by atoms with van der Waals surface area (Å²) in [6, 6.07) is 20.7. The molecule has 1 aromatic heterocycles. The maximum Gasteiger partial charge on any atom is 0.144 e. The molecule has 2 heterocycles. The summed E-state index contributed by atoms with van der Waals surface area (Å²) in [6.07, 6.45) is 2.52. The summed E-state index contributed by atoms with van der Waals surface area (Å²) in [5.41, 5.74) is 4.32. The largest absolute Gasteiger partial charge is 0.494 e. The lowest BCUT2D eigenvalue weighted by Crippen LogP contribution is -2.28. The topological polar surface area (TPSA) is 36.3 Å². The fourth-order valence-electron chi connectivity index (χ4n) is 4.05. The average Bonchev–Trinajstić information content (AvgIpc) is 3.13. The molecule has 0 spiro atoms. The van der Waals surface area contributed by atoms with Crippen LogP contribution < -0.4 is 4.74 Å². The van der Waals surface area contributed by atoms with Crippen LogP contribution in [0.5, 0.6) is 5.75 Å². The molecule has 1 aliphatic heterocycles. The Bertz CT molecular complexity index is 894. The maximum atomic E-state index is 5.93. The standard InChI is InChI=1S/C23H26N2O2/c1-16-13-19(14-17(2)27-16)20-15-22(18-9-5-4-6-10-18)25(24-20)21-11-7-8-12-23(21)26-3/h4-12,15-17,19H,13-14H2,1-3H3. The van der Waals surface area contributed by atoms with Crippen molar-refractivity contribution in [3.8, 4) is 22.7 Å². The number of benzene rings is 2. The number of nitrogens with zero attached hydrogens (tertiary/aromatic N) is 2. The first-order chi connectivity index (χ1) is 13.2. The third-order valence-corrected chi connectivity index (χ3v) is 5.23. The molecular weight excluding hydrogens is 336 g/mol. The molecule has 4 rings (SSSR count). The molecule has 0 aliphatic carbocycles. The van der Waals surface area contributed by atoms with Crippen molar-refractivity contribution in [3.05, 3.63) is 66.4 Å². The minimum Gasteiger partial charge on any atom is -0.494 e. The van der Waals surface area contributed by atoms with Crippen molar-refractivity contribution in [2.75, 3.05) is 7.11 Å². The molecule has 4 heteroatoms. The first-order valence-electron chi connectivity index (χ1n) is 9.60. The van der Waals surface area contributed by atoms with Gasteiger partial charge in [0.15, 0.2) is 0 Å². The number of hydrogen-bond acceptors (Lipinski definition) is 3. The number of aromatic nitrogens is 2. The van der Waals surface area contributed by atoms with Crippen molar-refractivity contribution in [1.29, 1.82) is 0 Å². The van der Waals surface area contributed by atoms with Crippen molar-refractivity contribution in [2.45, 2.75) is 44.8 Å². The molecule has 0 amide bonds. The highest BCUT2D eigenvalue weighted by molar-refractivity contribution is 5.64.